The van der Waals surface area contributed by atoms with Gasteiger partial charge in [-0.3, -0.25) is 0 Å². The van der Waals surface area contributed by atoms with Crippen LogP contribution in [0.15, 0.2) is 0 Å². The Balaban J connectivity index is 3.72. The molecule has 86 valence electrons. The summed E-state index contributed by atoms with van der Waals surface area (Å²) in [6.07, 6.45) is 1.28. The first-order chi connectivity index (χ1) is 6.49. The predicted molar refractivity (Wildman–Crippen MR) is 65.5 cm³/mol. The van der Waals surface area contributed by atoms with Gasteiger partial charge in [0.25, 0.3) is 0 Å². The molecule has 1 N–H and O–H groups in total. The molecule has 1 atom stereocenters. The highest BCUT2D eigenvalue weighted by Gasteiger charge is 2.16. The maximum Gasteiger partial charge on any atom is -0.00155 e. The van der Waals surface area contributed by atoms with Gasteiger partial charge in [0, 0.05) is 0 Å². The number of hydrogen-bond donors (Lipinski definition) is 1. The van der Waals surface area contributed by atoms with Crippen LogP contribution in [0.5, 0.6) is 0 Å². The summed E-state index contributed by atoms with van der Waals surface area (Å²) in [5.41, 5.74) is 0. The molecule has 0 aliphatic carbocycles. The minimum atomic E-state index is 0.791. The fourth-order valence-corrected chi connectivity index (χ4v) is 1.88. The second kappa shape index (κ2) is 7.28. The lowest BCUT2D eigenvalue weighted by molar-refractivity contribution is 0.271. The molecule has 1 heteroatoms. The van der Waals surface area contributed by atoms with E-state index in [1.54, 1.807) is 0 Å². The molecule has 0 heterocycles. The maximum absolute atomic E-state index is 3.60. The summed E-state index contributed by atoms with van der Waals surface area (Å²) in [6.45, 7) is 16.2. The molecule has 0 rings (SSSR count). The summed E-state index contributed by atoms with van der Waals surface area (Å²) in [5.74, 6) is 3.22. The Labute approximate surface area is 90.7 Å². The van der Waals surface area contributed by atoms with Gasteiger partial charge in [-0.1, -0.05) is 48.0 Å². The standard InChI is InChI=1S/C13H29N/c1-7-12(6)8-14-9-13(10(2)3)11(4)5/h10-14H,7-9H2,1-6H3. The van der Waals surface area contributed by atoms with Gasteiger partial charge in [-0.2, -0.15) is 0 Å². The van der Waals surface area contributed by atoms with E-state index in [-0.39, 0.29) is 0 Å². The highest BCUT2D eigenvalue weighted by atomic mass is 14.9. The Morgan fingerprint density at radius 3 is 1.71 bits per heavy atom. The van der Waals surface area contributed by atoms with Crippen LogP contribution in [-0.4, -0.2) is 13.1 Å². The highest BCUT2D eigenvalue weighted by Crippen LogP contribution is 2.19. The normalized spacial score (nSPS) is 14.4. The van der Waals surface area contributed by atoms with Gasteiger partial charge in [0.15, 0.2) is 0 Å². The SMILES string of the molecule is CCC(C)CNCC(C(C)C)C(C)C. The van der Waals surface area contributed by atoms with Crippen molar-refractivity contribution in [3.8, 4) is 0 Å². The molecule has 0 aliphatic heterocycles. The van der Waals surface area contributed by atoms with E-state index in [2.05, 4.69) is 46.9 Å². The Morgan fingerprint density at radius 1 is 0.857 bits per heavy atom. The quantitative estimate of drug-likeness (QED) is 0.661. The summed E-state index contributed by atoms with van der Waals surface area (Å²) in [7, 11) is 0. The molecule has 14 heavy (non-hydrogen) atoms. The van der Waals surface area contributed by atoms with Crippen molar-refractivity contribution >= 4 is 0 Å². The molecule has 0 aromatic heterocycles. The van der Waals surface area contributed by atoms with Gasteiger partial charge in [-0.15, -0.1) is 0 Å². The van der Waals surface area contributed by atoms with Crippen molar-refractivity contribution in [1.82, 2.24) is 5.32 Å². The highest BCUT2D eigenvalue weighted by molar-refractivity contribution is 4.69. The third kappa shape index (κ3) is 5.64. The Bertz CT molecular complexity index is 121. The van der Waals surface area contributed by atoms with E-state index in [9.17, 15) is 0 Å². The van der Waals surface area contributed by atoms with Crippen LogP contribution < -0.4 is 5.32 Å². The van der Waals surface area contributed by atoms with Crippen LogP contribution >= 0.6 is 0 Å². The van der Waals surface area contributed by atoms with Gasteiger partial charge in [0.2, 0.25) is 0 Å². The molecule has 0 fully saturated rings. The molecule has 0 aliphatic rings. The second-order valence-electron chi connectivity index (χ2n) is 5.32. The van der Waals surface area contributed by atoms with E-state index < -0.39 is 0 Å². The van der Waals surface area contributed by atoms with Gasteiger partial charge >= 0.3 is 0 Å². The van der Waals surface area contributed by atoms with Gasteiger partial charge in [0.05, 0.1) is 0 Å². The molecule has 0 bridgehead atoms. The van der Waals surface area contributed by atoms with Gasteiger partial charge < -0.3 is 5.32 Å². The summed E-state index contributed by atoms with van der Waals surface area (Å²) in [6, 6.07) is 0. The summed E-state index contributed by atoms with van der Waals surface area (Å²) < 4.78 is 0. The van der Waals surface area contributed by atoms with E-state index in [1.807, 2.05) is 0 Å². The number of nitrogens with one attached hydrogen (secondary N) is 1. The van der Waals surface area contributed by atoms with Crippen molar-refractivity contribution in [2.75, 3.05) is 13.1 Å². The molecule has 0 saturated heterocycles. The molecule has 1 unspecified atom stereocenters. The molecular formula is C13H29N. The van der Waals surface area contributed by atoms with E-state index in [0.29, 0.717) is 0 Å². The van der Waals surface area contributed by atoms with Crippen LogP contribution in [0.2, 0.25) is 0 Å². The van der Waals surface area contributed by atoms with E-state index in [1.165, 1.54) is 19.5 Å². The van der Waals surface area contributed by atoms with Crippen molar-refractivity contribution in [2.24, 2.45) is 23.7 Å². The van der Waals surface area contributed by atoms with E-state index in [4.69, 9.17) is 0 Å². The largest absolute Gasteiger partial charge is 0.316 e. The Morgan fingerprint density at radius 2 is 1.36 bits per heavy atom. The summed E-state index contributed by atoms with van der Waals surface area (Å²) in [5, 5.41) is 3.60. The molecular weight excluding hydrogens is 170 g/mol. The fourth-order valence-electron chi connectivity index (χ4n) is 1.88. The first-order valence-electron chi connectivity index (χ1n) is 6.19. The smallest absolute Gasteiger partial charge is 0.00155 e. The Kier molecular flexibility index (Phi) is 7.26. The average Bonchev–Trinajstić information content (AvgIpc) is 2.10. The zero-order chi connectivity index (χ0) is 11.1. The lowest BCUT2D eigenvalue weighted by Crippen LogP contribution is -2.32. The monoisotopic (exact) mass is 199 g/mol. The minimum absolute atomic E-state index is 0.791. The first kappa shape index (κ1) is 14.0. The van der Waals surface area contributed by atoms with Gasteiger partial charge in [-0.05, 0) is 36.8 Å². The van der Waals surface area contributed by atoms with Crippen LogP contribution in [-0.2, 0) is 0 Å². The van der Waals surface area contributed by atoms with Crippen molar-refractivity contribution in [1.29, 1.82) is 0 Å². The van der Waals surface area contributed by atoms with Crippen molar-refractivity contribution in [3.05, 3.63) is 0 Å². The fraction of sp³-hybridized carbons (Fsp3) is 1.00. The number of hydrogen-bond acceptors (Lipinski definition) is 1. The van der Waals surface area contributed by atoms with Crippen molar-refractivity contribution in [2.45, 2.75) is 48.0 Å². The summed E-state index contributed by atoms with van der Waals surface area (Å²) >= 11 is 0. The van der Waals surface area contributed by atoms with Crippen LogP contribution in [0.25, 0.3) is 0 Å². The molecule has 0 amide bonds. The van der Waals surface area contributed by atoms with Crippen molar-refractivity contribution in [3.63, 3.8) is 0 Å². The number of rotatable bonds is 7. The van der Waals surface area contributed by atoms with Crippen LogP contribution in [0, 0.1) is 23.7 Å². The Hall–Kier alpha value is -0.0400. The zero-order valence-electron chi connectivity index (χ0n) is 10.9. The van der Waals surface area contributed by atoms with Gasteiger partial charge in [-0.25, -0.2) is 0 Å². The minimum Gasteiger partial charge on any atom is -0.316 e. The van der Waals surface area contributed by atoms with E-state index >= 15 is 0 Å². The molecule has 1 nitrogen and oxygen atoms in total. The maximum atomic E-state index is 3.60. The molecule has 0 aromatic carbocycles. The second-order valence-corrected chi connectivity index (χ2v) is 5.32. The lowest BCUT2D eigenvalue weighted by atomic mass is 9.85. The van der Waals surface area contributed by atoms with Crippen molar-refractivity contribution < 1.29 is 0 Å². The summed E-state index contributed by atoms with van der Waals surface area (Å²) in [4.78, 5) is 0. The van der Waals surface area contributed by atoms with Crippen LogP contribution in [0.4, 0.5) is 0 Å². The first-order valence-corrected chi connectivity index (χ1v) is 6.19. The molecule has 0 saturated carbocycles. The molecule has 0 radical (unpaired) electrons. The zero-order valence-corrected chi connectivity index (χ0v) is 10.9. The predicted octanol–water partition coefficient (Wildman–Crippen LogP) is 3.55. The molecule has 0 aromatic rings. The lowest BCUT2D eigenvalue weighted by Gasteiger charge is -2.25. The topological polar surface area (TPSA) is 12.0 Å². The van der Waals surface area contributed by atoms with Crippen LogP contribution in [0.1, 0.15) is 48.0 Å². The molecule has 0 spiro atoms. The third-order valence-electron chi connectivity index (χ3n) is 3.28. The average molecular weight is 199 g/mol. The van der Waals surface area contributed by atoms with Crippen LogP contribution in [0.3, 0.4) is 0 Å². The third-order valence-corrected chi connectivity index (χ3v) is 3.28. The van der Waals surface area contributed by atoms with Gasteiger partial charge in [0.1, 0.15) is 0 Å². The van der Waals surface area contributed by atoms with E-state index in [0.717, 1.165) is 23.7 Å².